The van der Waals surface area contributed by atoms with E-state index in [0.717, 1.165) is 11.3 Å². The molecule has 7 heteroatoms. The Bertz CT molecular complexity index is 642. The molecule has 2 aromatic rings. The van der Waals surface area contributed by atoms with E-state index in [4.69, 9.17) is 16.3 Å². The lowest BCUT2D eigenvalue weighted by atomic mass is 10.3. The topological polar surface area (TPSA) is 68.3 Å². The van der Waals surface area contributed by atoms with Gasteiger partial charge >= 0.3 is 5.97 Å². The molecule has 0 atom stereocenters. The number of halogens is 1. The number of nitrogens with one attached hydrogen (secondary N) is 1. The molecule has 1 heterocycles. The Morgan fingerprint density at radius 3 is 2.85 bits per heavy atom. The van der Waals surface area contributed by atoms with Crippen LogP contribution in [0.4, 0.5) is 5.69 Å². The number of para-hydroxylation sites is 1. The Labute approximate surface area is 124 Å². The van der Waals surface area contributed by atoms with Crippen molar-refractivity contribution in [1.82, 2.24) is 4.98 Å². The van der Waals surface area contributed by atoms with E-state index in [-0.39, 0.29) is 17.3 Å². The molecule has 0 saturated carbocycles. The Hall–Kier alpha value is -1.92. The molecule has 1 aromatic heterocycles. The molecule has 20 heavy (non-hydrogen) atoms. The summed E-state index contributed by atoms with van der Waals surface area (Å²) in [6.07, 6.45) is 0. The van der Waals surface area contributed by atoms with Crippen LogP contribution < -0.4 is 5.32 Å². The molecule has 0 radical (unpaired) electrons. The first-order valence-corrected chi connectivity index (χ1v) is 7.06. The van der Waals surface area contributed by atoms with Crippen LogP contribution in [0.2, 0.25) is 5.02 Å². The maximum atomic E-state index is 12.0. The number of anilines is 1. The first-order valence-electron chi connectivity index (χ1n) is 5.80. The van der Waals surface area contributed by atoms with E-state index in [2.05, 4.69) is 10.3 Å². The fourth-order valence-electron chi connectivity index (χ4n) is 1.41. The number of ether oxygens (including phenoxy) is 1. The molecule has 0 aliphatic heterocycles. The van der Waals surface area contributed by atoms with Gasteiger partial charge in [-0.25, -0.2) is 9.78 Å². The number of esters is 1. The first kappa shape index (κ1) is 14.5. The summed E-state index contributed by atoms with van der Waals surface area (Å²) >= 11 is 7.01. The molecular weight excluding hydrogens is 300 g/mol. The van der Waals surface area contributed by atoms with Gasteiger partial charge in [0.05, 0.1) is 17.3 Å². The zero-order valence-electron chi connectivity index (χ0n) is 10.6. The number of hydrogen-bond donors (Lipinski definition) is 1. The number of benzene rings is 1. The number of aromatic nitrogens is 1. The molecule has 0 aliphatic carbocycles. The second-order valence-electron chi connectivity index (χ2n) is 3.69. The Kier molecular flexibility index (Phi) is 4.70. The third-order valence-electron chi connectivity index (χ3n) is 2.31. The molecule has 5 nitrogen and oxygen atoms in total. The molecule has 104 valence electrons. The van der Waals surface area contributed by atoms with E-state index >= 15 is 0 Å². The fourth-order valence-corrected chi connectivity index (χ4v) is 2.29. The van der Waals surface area contributed by atoms with E-state index in [9.17, 15) is 9.59 Å². The summed E-state index contributed by atoms with van der Waals surface area (Å²) < 4.78 is 4.81. The summed E-state index contributed by atoms with van der Waals surface area (Å²) in [5.41, 5.74) is 0.642. The van der Waals surface area contributed by atoms with Crippen LogP contribution in [0.25, 0.3) is 0 Å². The van der Waals surface area contributed by atoms with Gasteiger partial charge in [0, 0.05) is 5.38 Å². The number of amides is 1. The average Bonchev–Trinajstić information content (AvgIpc) is 2.91. The lowest BCUT2D eigenvalue weighted by Crippen LogP contribution is -2.13. The molecule has 0 bridgehead atoms. The van der Waals surface area contributed by atoms with Gasteiger partial charge in [0.1, 0.15) is 5.69 Å². The number of thiazole rings is 1. The Balaban J connectivity index is 2.11. The number of carbonyl (C=O) groups excluding carboxylic acids is 2. The van der Waals surface area contributed by atoms with Crippen molar-refractivity contribution in [2.75, 3.05) is 11.9 Å². The molecule has 1 N–H and O–H groups in total. The quantitative estimate of drug-likeness (QED) is 0.880. The smallest absolute Gasteiger partial charge is 0.367 e. The predicted molar refractivity (Wildman–Crippen MR) is 77.5 cm³/mol. The standard InChI is InChI=1S/C13H11ClN2O3S/c1-2-19-13(18)12-16-10(7-20-12)11(17)15-9-6-4-3-5-8(9)14/h3-7H,2H2,1H3,(H,15,17). The van der Waals surface area contributed by atoms with Crippen LogP contribution in [0.3, 0.4) is 0 Å². The van der Waals surface area contributed by atoms with Gasteiger partial charge in [0.15, 0.2) is 0 Å². The number of rotatable bonds is 4. The van der Waals surface area contributed by atoms with Gasteiger partial charge in [0.25, 0.3) is 5.91 Å². The molecule has 2 rings (SSSR count). The van der Waals surface area contributed by atoms with Crippen molar-refractivity contribution in [3.63, 3.8) is 0 Å². The van der Waals surface area contributed by atoms with Crippen molar-refractivity contribution in [2.45, 2.75) is 6.92 Å². The van der Waals surface area contributed by atoms with Gasteiger partial charge in [-0.1, -0.05) is 23.7 Å². The van der Waals surface area contributed by atoms with Crippen LogP contribution in [0.15, 0.2) is 29.6 Å². The molecule has 0 fully saturated rings. The second kappa shape index (κ2) is 6.49. The van der Waals surface area contributed by atoms with Crippen LogP contribution >= 0.6 is 22.9 Å². The third-order valence-corrected chi connectivity index (χ3v) is 3.46. The van der Waals surface area contributed by atoms with Gasteiger partial charge < -0.3 is 10.1 Å². The van der Waals surface area contributed by atoms with Crippen molar-refractivity contribution in [1.29, 1.82) is 0 Å². The van der Waals surface area contributed by atoms with Crippen LogP contribution in [0.1, 0.15) is 27.2 Å². The SMILES string of the molecule is CCOC(=O)c1nc(C(=O)Nc2ccccc2Cl)cs1. The third kappa shape index (κ3) is 3.34. The maximum absolute atomic E-state index is 12.0. The van der Waals surface area contributed by atoms with E-state index in [1.54, 1.807) is 31.2 Å². The second-order valence-corrected chi connectivity index (χ2v) is 4.96. The van der Waals surface area contributed by atoms with Gasteiger partial charge in [0.2, 0.25) is 5.01 Å². The average molecular weight is 311 g/mol. The summed E-state index contributed by atoms with van der Waals surface area (Å²) in [6, 6.07) is 6.87. The summed E-state index contributed by atoms with van der Waals surface area (Å²) in [7, 11) is 0. The molecule has 1 aromatic carbocycles. The summed E-state index contributed by atoms with van der Waals surface area (Å²) in [5.74, 6) is -0.959. The number of carbonyl (C=O) groups is 2. The lowest BCUT2D eigenvalue weighted by molar-refractivity contribution is 0.0526. The van der Waals surface area contributed by atoms with Gasteiger partial charge in [-0.2, -0.15) is 0 Å². The first-order chi connectivity index (χ1) is 9.61. The van der Waals surface area contributed by atoms with E-state index < -0.39 is 11.9 Å². The fraction of sp³-hybridized carbons (Fsp3) is 0.154. The monoisotopic (exact) mass is 310 g/mol. The van der Waals surface area contributed by atoms with Gasteiger partial charge in [-0.05, 0) is 19.1 Å². The Morgan fingerprint density at radius 1 is 1.40 bits per heavy atom. The van der Waals surface area contributed by atoms with E-state index in [1.807, 2.05) is 0 Å². The zero-order chi connectivity index (χ0) is 14.5. The largest absolute Gasteiger partial charge is 0.461 e. The van der Waals surface area contributed by atoms with E-state index in [0.29, 0.717) is 10.7 Å². The molecule has 0 saturated heterocycles. The minimum absolute atomic E-state index is 0.149. The predicted octanol–water partition coefficient (Wildman–Crippen LogP) is 3.23. The highest BCUT2D eigenvalue weighted by Gasteiger charge is 2.16. The summed E-state index contributed by atoms with van der Waals surface area (Å²) in [5, 5.41) is 4.71. The highest BCUT2D eigenvalue weighted by Crippen LogP contribution is 2.21. The van der Waals surface area contributed by atoms with Gasteiger partial charge in [-0.15, -0.1) is 11.3 Å². The normalized spacial score (nSPS) is 10.1. The minimum atomic E-state index is -0.533. The summed E-state index contributed by atoms with van der Waals surface area (Å²) in [6.45, 7) is 1.97. The number of hydrogen-bond acceptors (Lipinski definition) is 5. The zero-order valence-corrected chi connectivity index (χ0v) is 12.1. The van der Waals surface area contributed by atoms with Crippen LogP contribution in [-0.2, 0) is 4.74 Å². The molecule has 0 unspecified atom stereocenters. The molecule has 0 spiro atoms. The molecule has 1 amide bonds. The van der Waals surface area contributed by atoms with E-state index in [1.165, 1.54) is 5.38 Å². The van der Waals surface area contributed by atoms with Crippen molar-refractivity contribution in [2.24, 2.45) is 0 Å². The summed E-state index contributed by atoms with van der Waals surface area (Å²) in [4.78, 5) is 27.4. The lowest BCUT2D eigenvalue weighted by Gasteiger charge is -2.04. The Morgan fingerprint density at radius 2 is 2.15 bits per heavy atom. The molecular formula is C13H11ClN2O3S. The highest BCUT2D eigenvalue weighted by atomic mass is 35.5. The number of nitrogens with zero attached hydrogens (tertiary/aromatic N) is 1. The van der Waals surface area contributed by atoms with Crippen LogP contribution in [0.5, 0.6) is 0 Å². The van der Waals surface area contributed by atoms with Crippen molar-refractivity contribution in [3.05, 3.63) is 45.4 Å². The highest BCUT2D eigenvalue weighted by molar-refractivity contribution is 7.11. The van der Waals surface area contributed by atoms with Crippen molar-refractivity contribution >= 4 is 40.5 Å². The minimum Gasteiger partial charge on any atom is -0.461 e. The van der Waals surface area contributed by atoms with Crippen molar-refractivity contribution < 1.29 is 14.3 Å². The van der Waals surface area contributed by atoms with Crippen molar-refractivity contribution in [3.8, 4) is 0 Å². The van der Waals surface area contributed by atoms with Gasteiger partial charge in [-0.3, -0.25) is 4.79 Å². The van der Waals surface area contributed by atoms with Crippen LogP contribution in [0, 0.1) is 0 Å². The molecule has 0 aliphatic rings. The van der Waals surface area contributed by atoms with Crippen LogP contribution in [-0.4, -0.2) is 23.5 Å². The maximum Gasteiger partial charge on any atom is 0.367 e.